The average Bonchev–Trinajstić information content (AvgIpc) is 2.65. The highest BCUT2D eigenvalue weighted by Crippen LogP contribution is 2.26. The molecule has 2 atom stereocenters. The summed E-state index contributed by atoms with van der Waals surface area (Å²) < 4.78 is 5.34. The topological polar surface area (TPSA) is 47.0 Å². The van der Waals surface area contributed by atoms with Crippen LogP contribution in [0.1, 0.15) is 33.1 Å². The Labute approximate surface area is 96.4 Å². The molecule has 0 saturated heterocycles. The normalized spacial score (nSPS) is 24.4. The Bertz CT molecular complexity index is 343. The maximum Gasteiger partial charge on any atom is 0.226 e. The van der Waals surface area contributed by atoms with Gasteiger partial charge in [0, 0.05) is 18.3 Å². The van der Waals surface area contributed by atoms with Crippen molar-refractivity contribution in [2.45, 2.75) is 39.2 Å². The van der Waals surface area contributed by atoms with E-state index in [0.717, 1.165) is 5.92 Å². The van der Waals surface area contributed by atoms with Crippen molar-refractivity contribution in [1.29, 1.82) is 0 Å². The number of rotatable bonds is 4. The fourth-order valence-electron chi connectivity index (χ4n) is 2.16. The summed E-state index contributed by atoms with van der Waals surface area (Å²) in [6.45, 7) is 4.88. The second-order valence-electron chi connectivity index (χ2n) is 4.41. The van der Waals surface area contributed by atoms with E-state index in [-0.39, 0.29) is 0 Å². The SMILES string of the molecule is CCOc1ccnc(NC2CCC(C)C2)n1. The van der Waals surface area contributed by atoms with Gasteiger partial charge in [0.1, 0.15) is 0 Å². The molecule has 1 aliphatic carbocycles. The monoisotopic (exact) mass is 221 g/mol. The number of nitrogens with zero attached hydrogens (tertiary/aromatic N) is 2. The summed E-state index contributed by atoms with van der Waals surface area (Å²) in [4.78, 5) is 8.51. The third kappa shape index (κ3) is 2.84. The lowest BCUT2D eigenvalue weighted by atomic mass is 10.1. The first kappa shape index (κ1) is 11.2. The van der Waals surface area contributed by atoms with Gasteiger partial charge in [-0.3, -0.25) is 0 Å². The molecule has 1 aromatic heterocycles. The third-order valence-corrected chi connectivity index (χ3v) is 2.95. The fraction of sp³-hybridized carbons (Fsp3) is 0.667. The molecule has 4 nitrogen and oxygen atoms in total. The fourth-order valence-corrected chi connectivity index (χ4v) is 2.16. The molecule has 4 heteroatoms. The summed E-state index contributed by atoms with van der Waals surface area (Å²) in [5.41, 5.74) is 0. The van der Waals surface area contributed by atoms with Crippen LogP contribution in [0, 0.1) is 5.92 Å². The van der Waals surface area contributed by atoms with Gasteiger partial charge in [0.15, 0.2) is 0 Å². The molecule has 2 rings (SSSR count). The molecule has 2 unspecified atom stereocenters. The third-order valence-electron chi connectivity index (χ3n) is 2.95. The van der Waals surface area contributed by atoms with E-state index >= 15 is 0 Å². The molecule has 0 bridgehead atoms. The Kier molecular flexibility index (Phi) is 3.59. The summed E-state index contributed by atoms with van der Waals surface area (Å²) >= 11 is 0. The largest absolute Gasteiger partial charge is 0.478 e. The molecule has 16 heavy (non-hydrogen) atoms. The molecule has 1 heterocycles. The molecular formula is C12H19N3O. The number of ether oxygens (including phenoxy) is 1. The Morgan fingerprint density at radius 1 is 1.50 bits per heavy atom. The molecule has 1 aromatic rings. The first-order valence-corrected chi connectivity index (χ1v) is 6.00. The number of anilines is 1. The second-order valence-corrected chi connectivity index (χ2v) is 4.41. The Balaban J connectivity index is 1.95. The summed E-state index contributed by atoms with van der Waals surface area (Å²) in [5.74, 6) is 2.14. The Hall–Kier alpha value is -1.32. The minimum absolute atomic E-state index is 0.520. The highest BCUT2D eigenvalue weighted by Gasteiger charge is 2.21. The molecule has 1 fully saturated rings. The van der Waals surface area contributed by atoms with Gasteiger partial charge in [0.05, 0.1) is 6.61 Å². The highest BCUT2D eigenvalue weighted by atomic mass is 16.5. The van der Waals surface area contributed by atoms with E-state index in [1.54, 1.807) is 12.3 Å². The summed E-state index contributed by atoms with van der Waals surface area (Å²) in [6, 6.07) is 2.30. The van der Waals surface area contributed by atoms with Crippen LogP contribution in [0.3, 0.4) is 0 Å². The van der Waals surface area contributed by atoms with Crippen molar-refractivity contribution in [3.8, 4) is 5.88 Å². The van der Waals surface area contributed by atoms with Crippen molar-refractivity contribution in [2.24, 2.45) is 5.92 Å². The Morgan fingerprint density at radius 3 is 3.06 bits per heavy atom. The van der Waals surface area contributed by atoms with Crippen LogP contribution in [0.15, 0.2) is 12.3 Å². The van der Waals surface area contributed by atoms with Crippen LogP contribution in [0.4, 0.5) is 5.95 Å². The van der Waals surface area contributed by atoms with Crippen molar-refractivity contribution in [1.82, 2.24) is 9.97 Å². The molecule has 1 aliphatic rings. The molecular weight excluding hydrogens is 202 g/mol. The van der Waals surface area contributed by atoms with E-state index in [9.17, 15) is 0 Å². The van der Waals surface area contributed by atoms with Crippen molar-refractivity contribution >= 4 is 5.95 Å². The van der Waals surface area contributed by atoms with E-state index in [0.29, 0.717) is 24.5 Å². The van der Waals surface area contributed by atoms with E-state index < -0.39 is 0 Å². The molecule has 0 aliphatic heterocycles. The van der Waals surface area contributed by atoms with Gasteiger partial charge in [-0.25, -0.2) is 4.98 Å². The number of hydrogen-bond donors (Lipinski definition) is 1. The molecule has 1 saturated carbocycles. The lowest BCUT2D eigenvalue weighted by Gasteiger charge is -2.12. The number of hydrogen-bond acceptors (Lipinski definition) is 4. The van der Waals surface area contributed by atoms with E-state index in [1.165, 1.54) is 19.3 Å². The quantitative estimate of drug-likeness (QED) is 0.848. The smallest absolute Gasteiger partial charge is 0.226 e. The van der Waals surface area contributed by atoms with Gasteiger partial charge in [-0.15, -0.1) is 0 Å². The number of nitrogens with one attached hydrogen (secondary N) is 1. The van der Waals surface area contributed by atoms with E-state index in [1.807, 2.05) is 6.92 Å². The summed E-state index contributed by atoms with van der Waals surface area (Å²) in [5, 5.41) is 3.37. The van der Waals surface area contributed by atoms with Crippen LogP contribution < -0.4 is 10.1 Å². The average molecular weight is 221 g/mol. The lowest BCUT2D eigenvalue weighted by molar-refractivity contribution is 0.326. The van der Waals surface area contributed by atoms with Gasteiger partial charge in [-0.1, -0.05) is 6.92 Å². The van der Waals surface area contributed by atoms with E-state index in [2.05, 4.69) is 22.2 Å². The van der Waals surface area contributed by atoms with Gasteiger partial charge in [0.2, 0.25) is 11.8 Å². The zero-order chi connectivity index (χ0) is 11.4. The Morgan fingerprint density at radius 2 is 2.38 bits per heavy atom. The van der Waals surface area contributed by atoms with Crippen LogP contribution in [0.25, 0.3) is 0 Å². The van der Waals surface area contributed by atoms with Crippen LogP contribution in [-0.4, -0.2) is 22.6 Å². The highest BCUT2D eigenvalue weighted by molar-refractivity contribution is 5.29. The molecule has 1 N–H and O–H groups in total. The van der Waals surface area contributed by atoms with Gasteiger partial charge >= 0.3 is 0 Å². The number of aromatic nitrogens is 2. The minimum atomic E-state index is 0.520. The van der Waals surface area contributed by atoms with Gasteiger partial charge in [0.25, 0.3) is 0 Å². The molecule has 0 radical (unpaired) electrons. The van der Waals surface area contributed by atoms with Crippen molar-refractivity contribution in [3.05, 3.63) is 12.3 Å². The van der Waals surface area contributed by atoms with Crippen LogP contribution in [0.5, 0.6) is 5.88 Å². The maximum absolute atomic E-state index is 5.34. The molecule has 0 spiro atoms. The predicted octanol–water partition coefficient (Wildman–Crippen LogP) is 2.48. The van der Waals surface area contributed by atoms with Crippen LogP contribution in [-0.2, 0) is 0 Å². The molecule has 88 valence electrons. The van der Waals surface area contributed by atoms with Gasteiger partial charge in [-0.05, 0) is 32.1 Å². The van der Waals surface area contributed by atoms with Gasteiger partial charge < -0.3 is 10.1 Å². The summed E-state index contributed by atoms with van der Waals surface area (Å²) in [7, 11) is 0. The summed E-state index contributed by atoms with van der Waals surface area (Å²) in [6.07, 6.45) is 5.45. The maximum atomic E-state index is 5.34. The van der Waals surface area contributed by atoms with Crippen LogP contribution in [0.2, 0.25) is 0 Å². The molecule has 0 amide bonds. The van der Waals surface area contributed by atoms with Crippen molar-refractivity contribution < 1.29 is 4.74 Å². The molecule has 0 aromatic carbocycles. The minimum Gasteiger partial charge on any atom is -0.478 e. The zero-order valence-electron chi connectivity index (χ0n) is 9.94. The first-order chi connectivity index (χ1) is 7.78. The van der Waals surface area contributed by atoms with Crippen molar-refractivity contribution in [2.75, 3.05) is 11.9 Å². The van der Waals surface area contributed by atoms with Crippen LogP contribution >= 0.6 is 0 Å². The first-order valence-electron chi connectivity index (χ1n) is 6.00. The lowest BCUT2D eigenvalue weighted by Crippen LogP contribution is -2.17. The van der Waals surface area contributed by atoms with Crippen molar-refractivity contribution in [3.63, 3.8) is 0 Å². The van der Waals surface area contributed by atoms with Gasteiger partial charge in [-0.2, -0.15) is 4.98 Å². The zero-order valence-corrected chi connectivity index (χ0v) is 9.94. The standard InChI is InChI=1S/C12H19N3O/c1-3-16-11-6-7-13-12(15-11)14-10-5-4-9(2)8-10/h6-7,9-10H,3-5,8H2,1-2H3,(H,13,14,15). The van der Waals surface area contributed by atoms with E-state index in [4.69, 9.17) is 4.74 Å². The second kappa shape index (κ2) is 5.14. The predicted molar refractivity (Wildman–Crippen MR) is 63.6 cm³/mol.